The normalized spacial score (nSPS) is 15.2. The number of halogens is 3. The van der Waals surface area contributed by atoms with Gasteiger partial charge in [0.05, 0.1) is 57.0 Å². The highest BCUT2D eigenvalue weighted by Gasteiger charge is 2.30. The van der Waals surface area contributed by atoms with Gasteiger partial charge in [0.2, 0.25) is 0 Å². The topological polar surface area (TPSA) is 64.3 Å². The van der Waals surface area contributed by atoms with Gasteiger partial charge >= 0.3 is 6.18 Å². The van der Waals surface area contributed by atoms with E-state index in [1.54, 1.807) is 12.4 Å². The van der Waals surface area contributed by atoms with Crippen LogP contribution in [0.5, 0.6) is 0 Å². The Kier molecular flexibility index (Phi) is 6.52. The highest BCUT2D eigenvalue weighted by atomic mass is 19.4. The average molecular weight is 530 g/mol. The number of aryl methyl sites for hydroxylation is 1. The molecule has 1 N–H and O–H groups in total. The first kappa shape index (κ1) is 25.1. The number of alkyl halides is 3. The molecule has 39 heavy (non-hydrogen) atoms. The van der Waals surface area contributed by atoms with Crippen LogP contribution in [0.1, 0.15) is 24.0 Å². The quantitative estimate of drug-likeness (QED) is 0.264. The largest absolute Gasteiger partial charge is 0.416 e. The summed E-state index contributed by atoms with van der Waals surface area (Å²) >= 11 is 0. The number of aromatic nitrogens is 3. The zero-order valence-corrected chi connectivity index (χ0v) is 21.2. The number of hydrogen-bond donors (Lipinski definition) is 1. The zero-order chi connectivity index (χ0) is 27.0. The molecule has 3 heterocycles. The van der Waals surface area contributed by atoms with Crippen LogP contribution in [0.25, 0.3) is 28.1 Å². The van der Waals surface area contributed by atoms with Crippen LogP contribution in [-0.4, -0.2) is 33.8 Å². The van der Waals surface area contributed by atoms with Gasteiger partial charge in [-0.05, 0) is 79.9 Å². The molecule has 198 valence electrons. The second-order valence-corrected chi connectivity index (χ2v) is 9.69. The first-order valence-electron chi connectivity index (χ1n) is 12.8. The van der Waals surface area contributed by atoms with Crippen LogP contribution in [0.4, 0.5) is 24.5 Å². The third kappa shape index (κ3) is 5.22. The monoisotopic (exact) mass is 529 g/mol. The molecule has 1 fully saturated rings. The second-order valence-electron chi connectivity index (χ2n) is 9.69. The molecule has 0 amide bonds. The second kappa shape index (κ2) is 10.1. The van der Waals surface area contributed by atoms with Crippen molar-refractivity contribution in [1.29, 1.82) is 0 Å². The fraction of sp³-hybridized carbons (Fsp3) is 0.233. The van der Waals surface area contributed by atoms with Crippen molar-refractivity contribution in [3.8, 4) is 17.1 Å². The lowest BCUT2D eigenvalue weighted by Crippen LogP contribution is -2.23. The lowest BCUT2D eigenvalue weighted by molar-refractivity contribution is -0.137. The summed E-state index contributed by atoms with van der Waals surface area (Å²) in [7, 11) is 0. The molecule has 2 aliphatic heterocycles. The number of rotatable bonds is 4. The van der Waals surface area contributed by atoms with E-state index >= 15 is 0 Å². The third-order valence-corrected chi connectivity index (χ3v) is 6.82. The summed E-state index contributed by atoms with van der Waals surface area (Å²) in [5, 5.41) is 4.21. The van der Waals surface area contributed by atoms with Crippen LogP contribution in [0, 0.1) is 6.92 Å². The van der Waals surface area contributed by atoms with Gasteiger partial charge in [-0.3, -0.25) is 9.98 Å². The van der Waals surface area contributed by atoms with Gasteiger partial charge in [-0.1, -0.05) is 12.1 Å². The van der Waals surface area contributed by atoms with Gasteiger partial charge in [-0.15, -0.1) is 0 Å². The Bertz CT molecular complexity index is 1670. The molecule has 1 saturated heterocycles. The minimum atomic E-state index is -4.41. The van der Waals surface area contributed by atoms with Crippen molar-refractivity contribution in [2.45, 2.75) is 32.0 Å². The van der Waals surface area contributed by atoms with Crippen molar-refractivity contribution < 1.29 is 17.9 Å². The van der Waals surface area contributed by atoms with E-state index in [9.17, 15) is 13.2 Å². The molecular formula is C30H26F3N5O. The molecule has 9 heteroatoms. The van der Waals surface area contributed by atoms with Gasteiger partial charge < -0.3 is 14.6 Å². The number of nitrogens with zero attached hydrogens (tertiary/aromatic N) is 4. The molecular weight excluding hydrogens is 503 g/mol. The number of fused-ring (bicyclic) bond motifs is 2. The van der Waals surface area contributed by atoms with Crippen molar-refractivity contribution in [1.82, 2.24) is 14.5 Å². The maximum Gasteiger partial charge on any atom is 0.416 e. The maximum absolute atomic E-state index is 13.3. The number of para-hydroxylation sites is 2. The van der Waals surface area contributed by atoms with Crippen molar-refractivity contribution in [3.05, 3.63) is 95.6 Å². The highest BCUT2D eigenvalue weighted by Crippen LogP contribution is 2.33. The van der Waals surface area contributed by atoms with E-state index in [-0.39, 0.29) is 6.04 Å². The number of pyridine rings is 1. The highest BCUT2D eigenvalue weighted by molar-refractivity contribution is 5.84. The van der Waals surface area contributed by atoms with E-state index in [2.05, 4.69) is 10.3 Å². The standard InChI is InChI=1S/C30H26F3N5O/c1-19-14-22(18-34-17-19)36-25-15-27-29(16-26(25)35-21-10-12-39-13-11-21)38(28-5-3-2-4-24(28)37-27)23-8-6-20(7-9-23)30(31,32)33/h2-9,14-18,21,36H,10-13H2,1H3/b35-26+. The minimum Gasteiger partial charge on any atom is -0.381 e. The van der Waals surface area contributed by atoms with E-state index in [4.69, 9.17) is 14.7 Å². The van der Waals surface area contributed by atoms with Gasteiger partial charge in [-0.2, -0.15) is 13.2 Å². The molecule has 0 atom stereocenters. The lowest BCUT2D eigenvalue weighted by Gasteiger charge is -2.22. The number of anilines is 2. The number of nitrogens with one attached hydrogen (secondary N) is 1. The molecule has 1 aliphatic carbocycles. The van der Waals surface area contributed by atoms with Gasteiger partial charge in [0.25, 0.3) is 0 Å². The van der Waals surface area contributed by atoms with Gasteiger partial charge in [0, 0.05) is 25.1 Å². The average Bonchev–Trinajstić information content (AvgIpc) is 2.92. The molecule has 0 bridgehead atoms. The Hall–Kier alpha value is -4.24. The van der Waals surface area contributed by atoms with Crippen molar-refractivity contribution >= 4 is 22.4 Å². The van der Waals surface area contributed by atoms with Crippen molar-refractivity contribution in [2.75, 3.05) is 18.5 Å². The smallest absolute Gasteiger partial charge is 0.381 e. The summed E-state index contributed by atoms with van der Waals surface area (Å²) in [6.45, 7) is 3.29. The van der Waals surface area contributed by atoms with Crippen LogP contribution >= 0.6 is 0 Å². The summed E-state index contributed by atoms with van der Waals surface area (Å²) in [4.78, 5) is 14.3. The molecule has 2 aromatic carbocycles. The first-order valence-corrected chi connectivity index (χ1v) is 12.8. The number of hydrogen-bond acceptors (Lipinski definition) is 5. The van der Waals surface area contributed by atoms with E-state index in [1.165, 1.54) is 12.1 Å². The molecule has 3 aromatic rings. The van der Waals surface area contributed by atoms with Gasteiger partial charge in [-0.25, -0.2) is 4.98 Å². The van der Waals surface area contributed by atoms with E-state index in [1.807, 2.05) is 54.0 Å². The molecule has 0 unspecified atom stereocenters. The van der Waals surface area contributed by atoms with Crippen molar-refractivity contribution in [2.24, 2.45) is 4.99 Å². The number of ether oxygens (including phenoxy) is 1. The van der Waals surface area contributed by atoms with E-state index in [0.717, 1.165) is 64.0 Å². The number of benzene rings is 3. The summed E-state index contributed by atoms with van der Waals surface area (Å²) in [5.74, 6) is 0. The molecule has 0 saturated carbocycles. The van der Waals surface area contributed by atoms with Crippen LogP contribution in [-0.2, 0) is 10.9 Å². The Morgan fingerprint density at radius 2 is 1.74 bits per heavy atom. The summed E-state index contributed by atoms with van der Waals surface area (Å²) in [5.41, 5.74) is 5.47. The molecule has 0 radical (unpaired) electrons. The van der Waals surface area contributed by atoms with E-state index in [0.29, 0.717) is 24.6 Å². The van der Waals surface area contributed by atoms with Crippen LogP contribution < -0.4 is 10.7 Å². The zero-order valence-electron chi connectivity index (χ0n) is 21.2. The van der Waals surface area contributed by atoms with Gasteiger partial charge in [0.1, 0.15) is 0 Å². The maximum atomic E-state index is 13.3. The fourth-order valence-electron chi connectivity index (χ4n) is 4.92. The third-order valence-electron chi connectivity index (χ3n) is 6.82. The summed E-state index contributed by atoms with van der Waals surface area (Å²) < 4.78 is 47.4. The van der Waals surface area contributed by atoms with Crippen LogP contribution in [0.15, 0.2) is 84.1 Å². The van der Waals surface area contributed by atoms with Crippen LogP contribution in [0.3, 0.4) is 0 Å². The van der Waals surface area contributed by atoms with Crippen LogP contribution in [0.2, 0.25) is 0 Å². The Labute approximate surface area is 223 Å². The Morgan fingerprint density at radius 1 is 0.974 bits per heavy atom. The first-order chi connectivity index (χ1) is 18.8. The SMILES string of the molecule is Cc1cncc(Nc2cc3nc4ccccc4n(-c4ccc(C(F)(F)F)cc4)c-3c/c2=N\C2CCOCC2)c1. The van der Waals surface area contributed by atoms with E-state index < -0.39 is 11.7 Å². The van der Waals surface area contributed by atoms with Gasteiger partial charge in [0.15, 0.2) is 0 Å². The minimum absolute atomic E-state index is 0.0975. The molecule has 3 aliphatic rings. The predicted molar refractivity (Wildman–Crippen MR) is 144 cm³/mol. The predicted octanol–water partition coefficient (Wildman–Crippen LogP) is 6.68. The molecule has 6 rings (SSSR count). The molecule has 0 spiro atoms. The lowest BCUT2D eigenvalue weighted by atomic mass is 10.1. The Balaban J connectivity index is 1.59. The molecule has 6 nitrogen and oxygen atoms in total. The van der Waals surface area contributed by atoms with Crippen molar-refractivity contribution in [3.63, 3.8) is 0 Å². The Morgan fingerprint density at radius 3 is 2.49 bits per heavy atom. The summed E-state index contributed by atoms with van der Waals surface area (Å²) in [6, 6.07) is 18.8. The fourth-order valence-corrected chi connectivity index (χ4v) is 4.92. The summed E-state index contributed by atoms with van der Waals surface area (Å²) in [6.07, 6.45) is 0.772. The molecule has 1 aromatic heterocycles.